The van der Waals surface area contributed by atoms with Crippen LogP contribution in [0.1, 0.15) is 12.8 Å². The van der Waals surface area contributed by atoms with Crippen LogP contribution in [0.25, 0.3) is 0 Å². The number of fused-ring (bicyclic) bond motifs is 1. The zero-order valence-corrected chi connectivity index (χ0v) is 8.80. The fraction of sp³-hybridized carbons (Fsp3) is 0.364. The smallest absolute Gasteiger partial charge is 0.234 e. The Bertz CT molecular complexity index is 440. The zero-order chi connectivity index (χ0) is 10.5. The van der Waals surface area contributed by atoms with E-state index >= 15 is 0 Å². The maximum absolute atomic E-state index is 11.8. The minimum atomic E-state index is -0.289. The minimum absolute atomic E-state index is 0.0588. The van der Waals surface area contributed by atoms with Gasteiger partial charge in [0.25, 0.3) is 0 Å². The lowest BCUT2D eigenvalue weighted by Crippen LogP contribution is -2.26. The Hall–Kier alpha value is -1.22. The minimum Gasteiger partial charge on any atom is -0.489 e. The second-order valence-electron chi connectivity index (χ2n) is 4.14. The van der Waals surface area contributed by atoms with Crippen molar-refractivity contribution in [2.45, 2.75) is 12.8 Å². The molecule has 15 heavy (non-hydrogen) atoms. The van der Waals surface area contributed by atoms with E-state index in [1.807, 2.05) is 0 Å². The monoisotopic (exact) mass is 223 g/mol. The summed E-state index contributed by atoms with van der Waals surface area (Å²) in [6, 6.07) is 5.37. The van der Waals surface area contributed by atoms with Gasteiger partial charge in [-0.05, 0) is 25.0 Å². The number of rotatable bonds is 0. The van der Waals surface area contributed by atoms with Crippen LogP contribution >= 0.6 is 11.6 Å². The van der Waals surface area contributed by atoms with E-state index in [2.05, 4.69) is 5.32 Å². The van der Waals surface area contributed by atoms with Crippen LogP contribution in [0.15, 0.2) is 18.2 Å². The Kier molecular flexibility index (Phi) is 1.74. The van der Waals surface area contributed by atoms with E-state index in [9.17, 15) is 4.79 Å². The van der Waals surface area contributed by atoms with E-state index in [1.165, 1.54) is 0 Å². The maximum Gasteiger partial charge on any atom is 0.234 e. The fourth-order valence-electron chi connectivity index (χ4n) is 1.81. The average molecular weight is 224 g/mol. The number of carbonyl (C=O) groups excluding carboxylic acids is 1. The van der Waals surface area contributed by atoms with E-state index in [4.69, 9.17) is 16.3 Å². The molecule has 4 heteroatoms. The second-order valence-corrected chi connectivity index (χ2v) is 4.55. The van der Waals surface area contributed by atoms with Crippen molar-refractivity contribution in [3.05, 3.63) is 23.2 Å². The van der Waals surface area contributed by atoms with Crippen LogP contribution in [0, 0.1) is 5.41 Å². The molecule has 1 aliphatic carbocycles. The molecule has 78 valence electrons. The van der Waals surface area contributed by atoms with Gasteiger partial charge in [0, 0.05) is 0 Å². The lowest BCUT2D eigenvalue weighted by molar-refractivity contribution is -0.121. The molecule has 1 heterocycles. The van der Waals surface area contributed by atoms with Crippen LogP contribution in [-0.2, 0) is 4.79 Å². The first-order valence-corrected chi connectivity index (χ1v) is 5.32. The molecule has 1 aromatic carbocycles. The van der Waals surface area contributed by atoms with Crippen LogP contribution in [0.4, 0.5) is 5.69 Å². The molecule has 1 saturated carbocycles. The van der Waals surface area contributed by atoms with Crippen molar-refractivity contribution >= 4 is 23.2 Å². The van der Waals surface area contributed by atoms with Crippen LogP contribution in [0.2, 0.25) is 5.02 Å². The molecule has 0 bridgehead atoms. The molecule has 0 unspecified atom stereocenters. The first-order chi connectivity index (χ1) is 7.21. The third kappa shape index (κ3) is 1.30. The van der Waals surface area contributed by atoms with Gasteiger partial charge in [0.2, 0.25) is 5.91 Å². The van der Waals surface area contributed by atoms with Gasteiger partial charge in [-0.3, -0.25) is 4.79 Å². The molecule has 0 saturated heterocycles. The van der Waals surface area contributed by atoms with Crippen molar-refractivity contribution in [1.29, 1.82) is 0 Å². The lowest BCUT2D eigenvalue weighted by Gasteiger charge is -2.08. The van der Waals surface area contributed by atoms with Crippen molar-refractivity contribution in [3.63, 3.8) is 0 Å². The van der Waals surface area contributed by atoms with Gasteiger partial charge in [0.15, 0.2) is 5.75 Å². The molecule has 1 amide bonds. The Morgan fingerprint density at radius 3 is 2.93 bits per heavy atom. The Balaban J connectivity index is 2.04. The topological polar surface area (TPSA) is 38.3 Å². The van der Waals surface area contributed by atoms with Gasteiger partial charge >= 0.3 is 0 Å². The number of hydrogen-bond donors (Lipinski definition) is 1. The predicted octanol–water partition coefficient (Wildman–Crippen LogP) is 2.45. The lowest BCUT2D eigenvalue weighted by atomic mass is 10.1. The summed E-state index contributed by atoms with van der Waals surface area (Å²) in [5.74, 6) is 0.653. The number of halogens is 1. The molecular formula is C11H10ClNO2. The molecule has 1 aromatic rings. The van der Waals surface area contributed by atoms with E-state index in [0.29, 0.717) is 23.1 Å². The average Bonchev–Trinajstić information content (AvgIpc) is 2.98. The quantitative estimate of drug-likeness (QED) is 0.734. The van der Waals surface area contributed by atoms with Crippen molar-refractivity contribution < 1.29 is 9.53 Å². The molecule has 1 fully saturated rings. The highest BCUT2D eigenvalue weighted by Crippen LogP contribution is 2.50. The summed E-state index contributed by atoms with van der Waals surface area (Å²) in [6.07, 6.45) is 1.81. The van der Waals surface area contributed by atoms with Gasteiger partial charge in [-0.1, -0.05) is 17.7 Å². The predicted molar refractivity (Wildman–Crippen MR) is 57.2 cm³/mol. The van der Waals surface area contributed by atoms with E-state index in [-0.39, 0.29) is 11.3 Å². The molecule has 0 radical (unpaired) electrons. The van der Waals surface area contributed by atoms with Crippen LogP contribution < -0.4 is 10.1 Å². The SMILES string of the molecule is O=C1Nc2cccc(Cl)c2OCC12CC2. The Morgan fingerprint density at radius 2 is 2.20 bits per heavy atom. The van der Waals surface area contributed by atoms with Gasteiger partial charge in [0.1, 0.15) is 6.61 Å². The molecular weight excluding hydrogens is 214 g/mol. The summed E-state index contributed by atoms with van der Waals surface area (Å²) in [6.45, 7) is 0.440. The normalized spacial score (nSPS) is 21.3. The maximum atomic E-state index is 11.8. The van der Waals surface area contributed by atoms with Crippen molar-refractivity contribution in [2.24, 2.45) is 5.41 Å². The van der Waals surface area contributed by atoms with Crippen LogP contribution in [0.3, 0.4) is 0 Å². The number of benzene rings is 1. The molecule has 3 nitrogen and oxygen atoms in total. The summed E-state index contributed by atoms with van der Waals surface area (Å²) >= 11 is 6.00. The van der Waals surface area contributed by atoms with Crippen LogP contribution in [0.5, 0.6) is 5.75 Å². The zero-order valence-electron chi connectivity index (χ0n) is 8.05. The van der Waals surface area contributed by atoms with E-state index in [1.54, 1.807) is 18.2 Å². The van der Waals surface area contributed by atoms with Gasteiger partial charge in [-0.25, -0.2) is 0 Å². The Labute approximate surface area is 92.4 Å². The number of hydrogen-bond acceptors (Lipinski definition) is 2. The number of carbonyl (C=O) groups is 1. The Morgan fingerprint density at radius 1 is 1.40 bits per heavy atom. The third-order valence-electron chi connectivity index (χ3n) is 3.04. The first-order valence-electron chi connectivity index (χ1n) is 4.94. The third-order valence-corrected chi connectivity index (χ3v) is 3.34. The van der Waals surface area contributed by atoms with E-state index in [0.717, 1.165) is 12.8 Å². The summed E-state index contributed by atoms with van der Waals surface area (Å²) < 4.78 is 5.61. The summed E-state index contributed by atoms with van der Waals surface area (Å²) in [4.78, 5) is 11.8. The summed E-state index contributed by atoms with van der Waals surface area (Å²) in [7, 11) is 0. The molecule has 0 aromatic heterocycles. The highest BCUT2D eigenvalue weighted by Gasteiger charge is 2.52. The largest absolute Gasteiger partial charge is 0.489 e. The molecule has 0 atom stereocenters. The fourth-order valence-corrected chi connectivity index (χ4v) is 2.04. The second kappa shape index (κ2) is 2.89. The highest BCUT2D eigenvalue weighted by molar-refractivity contribution is 6.32. The summed E-state index contributed by atoms with van der Waals surface area (Å²) in [5.41, 5.74) is 0.388. The number of para-hydroxylation sites is 1. The molecule has 3 rings (SSSR count). The van der Waals surface area contributed by atoms with Gasteiger partial charge in [0.05, 0.1) is 16.1 Å². The van der Waals surface area contributed by atoms with Gasteiger partial charge < -0.3 is 10.1 Å². The molecule has 2 aliphatic rings. The first kappa shape index (κ1) is 9.04. The number of anilines is 1. The van der Waals surface area contributed by atoms with E-state index < -0.39 is 0 Å². The van der Waals surface area contributed by atoms with Crippen molar-refractivity contribution in [1.82, 2.24) is 0 Å². The summed E-state index contributed by atoms with van der Waals surface area (Å²) in [5, 5.41) is 3.41. The van der Waals surface area contributed by atoms with Crippen molar-refractivity contribution in [3.8, 4) is 5.75 Å². The molecule has 1 aliphatic heterocycles. The standard InChI is InChI=1S/C11H10ClNO2/c12-7-2-1-3-8-9(7)15-6-11(4-5-11)10(14)13-8/h1-3H,4-6H2,(H,13,14). The number of nitrogens with one attached hydrogen (secondary N) is 1. The van der Waals surface area contributed by atoms with Crippen molar-refractivity contribution in [2.75, 3.05) is 11.9 Å². The highest BCUT2D eigenvalue weighted by atomic mass is 35.5. The number of ether oxygens (including phenoxy) is 1. The molecule has 1 spiro atoms. The van der Waals surface area contributed by atoms with Gasteiger partial charge in [-0.15, -0.1) is 0 Å². The van der Waals surface area contributed by atoms with Crippen LogP contribution in [-0.4, -0.2) is 12.5 Å². The number of amides is 1. The molecule has 1 N–H and O–H groups in total. The van der Waals surface area contributed by atoms with Gasteiger partial charge in [-0.2, -0.15) is 0 Å².